The first-order valence-corrected chi connectivity index (χ1v) is 2.02. The molecule has 0 aromatic rings. The molecule has 0 heteroatoms. The van der Waals surface area contributed by atoms with Crippen molar-refractivity contribution < 1.29 is 4.11 Å². The second kappa shape index (κ2) is 4.56. The van der Waals surface area contributed by atoms with Crippen LogP contribution in [0.3, 0.4) is 0 Å². The van der Waals surface area contributed by atoms with Gasteiger partial charge in [0.1, 0.15) is 0 Å². The van der Waals surface area contributed by atoms with Crippen LogP contribution in [0.15, 0.2) is 0 Å². The quantitative estimate of drug-likeness (QED) is 0.393. The summed E-state index contributed by atoms with van der Waals surface area (Å²) in [6, 6.07) is 0. The van der Waals surface area contributed by atoms with E-state index < -0.39 is 6.85 Å². The van der Waals surface area contributed by atoms with Gasteiger partial charge in [0.2, 0.25) is 0 Å². The molecule has 0 radical (unpaired) electrons. The summed E-state index contributed by atoms with van der Waals surface area (Å²) in [4.78, 5) is 0. The third-order valence-electron chi connectivity index (χ3n) is 0.390. The van der Waals surface area contributed by atoms with E-state index >= 15 is 0 Å². The van der Waals surface area contributed by atoms with Gasteiger partial charge in [-0.25, -0.2) is 0 Å². The molecule has 0 aliphatic heterocycles. The molecule has 0 atom stereocenters. The van der Waals surface area contributed by atoms with Crippen molar-refractivity contribution in [2.45, 2.75) is 26.6 Å². The van der Waals surface area contributed by atoms with E-state index in [2.05, 4.69) is 11.8 Å². The summed E-state index contributed by atoms with van der Waals surface area (Å²) in [6.07, 6.45) is 0.747. The highest BCUT2D eigenvalue weighted by atomic mass is 13.6. The van der Waals surface area contributed by atoms with Crippen LogP contribution in [0.4, 0.5) is 0 Å². The summed E-state index contributed by atoms with van der Waals surface area (Å²) >= 11 is 0. The van der Waals surface area contributed by atoms with E-state index in [0.29, 0.717) is 0 Å². The Morgan fingerprint density at radius 1 is 1.50 bits per heavy atom. The first kappa shape index (κ1) is 2.02. The molecule has 0 aliphatic rings. The molecule has 0 unspecified atom stereocenters. The van der Waals surface area contributed by atoms with E-state index in [4.69, 9.17) is 4.11 Å². The van der Waals surface area contributed by atoms with Crippen molar-refractivity contribution in [2.75, 3.05) is 0 Å². The van der Waals surface area contributed by atoms with Gasteiger partial charge in [-0.1, -0.05) is 13.8 Å². The average molecular weight is 85.2 g/mol. The zero-order valence-corrected chi connectivity index (χ0v) is 3.91. The molecule has 0 saturated heterocycles. The van der Waals surface area contributed by atoms with Crippen LogP contribution in [-0.4, -0.2) is 0 Å². The van der Waals surface area contributed by atoms with E-state index in [1.807, 2.05) is 6.92 Å². The molecule has 0 bridgehead atoms. The van der Waals surface area contributed by atoms with Crippen molar-refractivity contribution in [3.05, 3.63) is 0 Å². The summed E-state index contributed by atoms with van der Waals surface area (Å²) in [7, 11) is 0. The summed E-state index contributed by atoms with van der Waals surface area (Å²) < 4.78 is 20.2. The van der Waals surface area contributed by atoms with Gasteiger partial charge in [-0.15, -0.1) is 11.8 Å². The Morgan fingerprint density at radius 2 is 2.17 bits per heavy atom. The lowest BCUT2D eigenvalue weighted by atomic mass is 10.4. The van der Waals surface area contributed by atoms with Crippen LogP contribution in [0.25, 0.3) is 0 Å². The van der Waals surface area contributed by atoms with Crippen molar-refractivity contribution in [1.29, 1.82) is 0 Å². The molecule has 0 N–H and O–H groups in total. The molecule has 0 nitrogen and oxygen atoms in total. The fourth-order valence-electron chi connectivity index (χ4n) is 0.187. The normalized spacial score (nSPS) is 15.8. The lowest BCUT2D eigenvalue weighted by Gasteiger charge is -1.65. The monoisotopic (exact) mass is 85.1 g/mol. The van der Waals surface area contributed by atoms with E-state index in [0.717, 1.165) is 6.42 Å². The summed E-state index contributed by atoms with van der Waals surface area (Å²) in [5.41, 5.74) is 0. The zero-order chi connectivity index (χ0) is 7.33. The predicted octanol–water partition coefficient (Wildman–Crippen LogP) is 1.81. The van der Waals surface area contributed by atoms with Crippen molar-refractivity contribution in [1.82, 2.24) is 0 Å². The third-order valence-corrected chi connectivity index (χ3v) is 0.390. The van der Waals surface area contributed by atoms with Gasteiger partial charge in [-0.05, 0) is 0 Å². The largest absolute Gasteiger partial charge is 0.104 e. The molecule has 0 aromatic heterocycles. The number of hydrogen-bond acceptors (Lipinski definition) is 0. The highest BCUT2D eigenvalue weighted by Crippen LogP contribution is 1.69. The average Bonchev–Trinajstić information content (AvgIpc) is 1.63. The second-order valence-electron chi connectivity index (χ2n) is 0.884. The van der Waals surface area contributed by atoms with Gasteiger partial charge >= 0.3 is 0 Å². The van der Waals surface area contributed by atoms with Crippen molar-refractivity contribution in [3.8, 4) is 11.8 Å². The standard InChI is InChI=1S/C6H10/c1-3-5-6-4-2/h3-4H2,1-2H3/i1D3. The number of rotatable bonds is 0. The number of hydrogen-bond donors (Lipinski definition) is 0. The molecule has 0 spiro atoms. The first-order chi connectivity index (χ1) is 4.06. The minimum absolute atomic E-state index is 0.0147. The third kappa shape index (κ3) is 3.56. The van der Waals surface area contributed by atoms with Crippen molar-refractivity contribution in [2.24, 2.45) is 0 Å². The molecule has 6 heavy (non-hydrogen) atoms. The first-order valence-electron chi connectivity index (χ1n) is 3.52. The molecule has 0 rings (SSSR count). The molecule has 0 aromatic carbocycles. The molecule has 0 fully saturated rings. The van der Waals surface area contributed by atoms with Gasteiger partial charge < -0.3 is 0 Å². The van der Waals surface area contributed by atoms with Crippen LogP contribution in [0.5, 0.6) is 0 Å². The van der Waals surface area contributed by atoms with E-state index in [1.165, 1.54) is 0 Å². The molecular weight excluding hydrogens is 72.1 g/mol. The van der Waals surface area contributed by atoms with Crippen LogP contribution >= 0.6 is 0 Å². The fraction of sp³-hybridized carbons (Fsp3) is 0.667. The zero-order valence-electron chi connectivity index (χ0n) is 6.91. The topological polar surface area (TPSA) is 0 Å². The van der Waals surface area contributed by atoms with Crippen LogP contribution in [0.1, 0.15) is 30.7 Å². The lowest BCUT2D eigenvalue weighted by molar-refractivity contribution is 1.23. The molecule has 0 aliphatic carbocycles. The lowest BCUT2D eigenvalue weighted by Crippen LogP contribution is -1.52. The van der Waals surface area contributed by atoms with Gasteiger partial charge in [0, 0.05) is 17.0 Å². The van der Waals surface area contributed by atoms with E-state index in [-0.39, 0.29) is 6.42 Å². The Labute approximate surface area is 43.8 Å². The highest BCUT2D eigenvalue weighted by molar-refractivity contribution is 4.96. The summed E-state index contributed by atoms with van der Waals surface area (Å²) in [5, 5.41) is 0. The Bertz CT molecular complexity index is 123. The summed E-state index contributed by atoms with van der Waals surface area (Å²) in [5.74, 6) is 5.26. The van der Waals surface area contributed by atoms with Gasteiger partial charge in [-0.3, -0.25) is 0 Å². The minimum atomic E-state index is -1.87. The Hall–Kier alpha value is -0.440. The molecular formula is C6H10. The highest BCUT2D eigenvalue weighted by Gasteiger charge is 1.56. The molecule has 0 heterocycles. The maximum atomic E-state index is 6.74. The van der Waals surface area contributed by atoms with Crippen LogP contribution in [-0.2, 0) is 0 Å². The Kier molecular flexibility index (Phi) is 1.54. The van der Waals surface area contributed by atoms with E-state index in [1.54, 1.807) is 0 Å². The van der Waals surface area contributed by atoms with Crippen LogP contribution in [0.2, 0.25) is 0 Å². The SMILES string of the molecule is [2H]C([2H])([2H])CC#CCC. The minimum Gasteiger partial charge on any atom is -0.104 e. The summed E-state index contributed by atoms with van der Waals surface area (Å²) in [6.45, 7) is 0.0225. The van der Waals surface area contributed by atoms with Gasteiger partial charge in [0.05, 0.1) is 0 Å². The van der Waals surface area contributed by atoms with Crippen LogP contribution < -0.4 is 0 Å². The maximum absolute atomic E-state index is 6.74. The van der Waals surface area contributed by atoms with E-state index in [9.17, 15) is 0 Å². The molecule has 0 saturated carbocycles. The Balaban J connectivity index is 3.50. The van der Waals surface area contributed by atoms with Crippen molar-refractivity contribution >= 4 is 0 Å². The second-order valence-corrected chi connectivity index (χ2v) is 0.884. The maximum Gasteiger partial charge on any atom is 0.0240 e. The molecule has 34 valence electrons. The fourth-order valence-corrected chi connectivity index (χ4v) is 0.187. The van der Waals surface area contributed by atoms with Gasteiger partial charge in [0.15, 0.2) is 0 Å². The Morgan fingerprint density at radius 3 is 2.67 bits per heavy atom. The predicted molar refractivity (Wildman–Crippen MR) is 28.4 cm³/mol. The van der Waals surface area contributed by atoms with Crippen molar-refractivity contribution in [3.63, 3.8) is 0 Å². The molecule has 0 amide bonds. The van der Waals surface area contributed by atoms with Crippen LogP contribution in [0, 0.1) is 11.8 Å². The van der Waals surface area contributed by atoms with Gasteiger partial charge in [-0.2, -0.15) is 0 Å². The van der Waals surface area contributed by atoms with Gasteiger partial charge in [0.25, 0.3) is 0 Å². The smallest absolute Gasteiger partial charge is 0.0240 e.